The van der Waals surface area contributed by atoms with Gasteiger partial charge in [-0.2, -0.15) is 0 Å². The van der Waals surface area contributed by atoms with Gasteiger partial charge in [0.05, 0.1) is 33.8 Å². The van der Waals surface area contributed by atoms with Crippen LogP contribution in [0.4, 0.5) is 34.1 Å². The first kappa shape index (κ1) is 21.7. The van der Waals surface area contributed by atoms with Crippen molar-refractivity contribution in [3.63, 3.8) is 0 Å². The highest BCUT2D eigenvalue weighted by molar-refractivity contribution is 6.11. The molecule has 0 spiro atoms. The quantitative estimate of drug-likeness (QED) is 0.241. The van der Waals surface area contributed by atoms with E-state index in [9.17, 15) is 0 Å². The average Bonchev–Trinajstić information content (AvgIpc) is 3.34. The number of hydrogen-bond acceptors (Lipinski definition) is 3. The van der Waals surface area contributed by atoms with Crippen LogP contribution in [0.3, 0.4) is 0 Å². The highest BCUT2D eigenvalue weighted by Crippen LogP contribution is 2.54. The Bertz CT molecular complexity index is 1930. The Morgan fingerprint density at radius 1 is 0.410 bits per heavy atom. The van der Waals surface area contributed by atoms with Crippen molar-refractivity contribution in [3.8, 4) is 5.69 Å². The molecule has 1 aliphatic rings. The van der Waals surface area contributed by atoms with Crippen molar-refractivity contribution in [1.82, 2.24) is 9.55 Å². The SMILES string of the molecule is c1ccc(N2c3ccccc3N(c3ccc4c(c3)c3cnccc3n4-c3ccccc3)c3ccccc32)cc1. The number of pyridine rings is 1. The van der Waals surface area contributed by atoms with Gasteiger partial charge in [0.15, 0.2) is 0 Å². The molecule has 0 bridgehead atoms. The van der Waals surface area contributed by atoms with Gasteiger partial charge in [-0.15, -0.1) is 0 Å². The Hall–Kier alpha value is -5.35. The van der Waals surface area contributed by atoms with Crippen LogP contribution < -0.4 is 9.80 Å². The minimum Gasteiger partial charge on any atom is -0.309 e. The summed E-state index contributed by atoms with van der Waals surface area (Å²) < 4.78 is 2.32. The van der Waals surface area contributed by atoms with Gasteiger partial charge in [-0.05, 0) is 72.8 Å². The summed E-state index contributed by atoms with van der Waals surface area (Å²) >= 11 is 0. The summed E-state index contributed by atoms with van der Waals surface area (Å²) in [5, 5.41) is 2.32. The Morgan fingerprint density at radius 3 is 1.54 bits per heavy atom. The van der Waals surface area contributed by atoms with E-state index in [2.05, 4.69) is 153 Å². The summed E-state index contributed by atoms with van der Waals surface area (Å²) in [6, 6.07) is 47.3. The lowest BCUT2D eigenvalue weighted by atomic mass is 10.0. The van der Waals surface area contributed by atoms with E-state index >= 15 is 0 Å². The molecule has 1 aliphatic heterocycles. The standard InChI is InChI=1S/C35H24N4/c1-3-11-25(12-4-1)37-30-20-19-27(23-28(30)29-24-36-22-21-31(29)37)39-34-17-9-7-15-32(34)38(26-13-5-2-6-14-26)33-16-8-10-18-35(33)39/h1-24H. The summed E-state index contributed by atoms with van der Waals surface area (Å²) in [6.07, 6.45) is 3.85. The van der Waals surface area contributed by atoms with E-state index in [1.54, 1.807) is 0 Å². The number of anilines is 6. The molecule has 3 heterocycles. The molecule has 5 aromatic carbocycles. The number of para-hydroxylation sites is 6. The Morgan fingerprint density at radius 2 is 0.923 bits per heavy atom. The fourth-order valence-corrected chi connectivity index (χ4v) is 5.93. The molecular formula is C35H24N4. The molecule has 0 saturated heterocycles. The maximum atomic E-state index is 4.49. The molecule has 39 heavy (non-hydrogen) atoms. The summed E-state index contributed by atoms with van der Waals surface area (Å²) in [5.41, 5.74) is 10.3. The van der Waals surface area contributed by atoms with Crippen LogP contribution in [0.25, 0.3) is 27.5 Å². The predicted octanol–water partition coefficient (Wildman–Crippen LogP) is 9.43. The Kier molecular flexibility index (Phi) is 4.79. The predicted molar refractivity (Wildman–Crippen MR) is 161 cm³/mol. The summed E-state index contributed by atoms with van der Waals surface area (Å²) in [4.78, 5) is 9.23. The van der Waals surface area contributed by atoms with Gasteiger partial charge in [0.2, 0.25) is 0 Å². The van der Waals surface area contributed by atoms with Crippen LogP contribution in [-0.2, 0) is 0 Å². The molecule has 2 aromatic heterocycles. The lowest BCUT2D eigenvalue weighted by Gasteiger charge is -2.40. The maximum Gasteiger partial charge on any atom is 0.0703 e. The Balaban J connectivity index is 1.38. The fourth-order valence-electron chi connectivity index (χ4n) is 5.93. The molecule has 0 unspecified atom stereocenters. The number of aromatic nitrogens is 2. The zero-order valence-electron chi connectivity index (χ0n) is 21.1. The van der Waals surface area contributed by atoms with Crippen molar-refractivity contribution in [2.24, 2.45) is 0 Å². The van der Waals surface area contributed by atoms with Crippen LogP contribution in [0.5, 0.6) is 0 Å². The third kappa shape index (κ3) is 3.28. The summed E-state index contributed by atoms with van der Waals surface area (Å²) in [5.74, 6) is 0. The van der Waals surface area contributed by atoms with E-state index < -0.39 is 0 Å². The number of rotatable bonds is 3. The molecule has 184 valence electrons. The zero-order valence-corrected chi connectivity index (χ0v) is 21.1. The van der Waals surface area contributed by atoms with Gasteiger partial charge < -0.3 is 14.4 Å². The molecule has 0 amide bonds. The lowest BCUT2D eigenvalue weighted by Crippen LogP contribution is -2.23. The minimum atomic E-state index is 1.12. The van der Waals surface area contributed by atoms with Crippen molar-refractivity contribution in [1.29, 1.82) is 0 Å². The van der Waals surface area contributed by atoms with Gasteiger partial charge >= 0.3 is 0 Å². The average molecular weight is 501 g/mol. The van der Waals surface area contributed by atoms with Crippen molar-refractivity contribution in [3.05, 3.63) is 146 Å². The molecule has 4 heteroatoms. The van der Waals surface area contributed by atoms with Gasteiger partial charge in [-0.25, -0.2) is 0 Å². The summed E-state index contributed by atoms with van der Waals surface area (Å²) in [6.45, 7) is 0. The van der Waals surface area contributed by atoms with Crippen molar-refractivity contribution in [2.75, 3.05) is 9.80 Å². The number of fused-ring (bicyclic) bond motifs is 5. The van der Waals surface area contributed by atoms with E-state index in [1.165, 1.54) is 5.39 Å². The van der Waals surface area contributed by atoms with E-state index in [-0.39, 0.29) is 0 Å². The maximum absolute atomic E-state index is 4.49. The van der Waals surface area contributed by atoms with E-state index in [0.717, 1.165) is 56.2 Å². The van der Waals surface area contributed by atoms with E-state index in [1.807, 2.05) is 12.4 Å². The molecule has 0 radical (unpaired) electrons. The van der Waals surface area contributed by atoms with Crippen LogP contribution in [-0.4, -0.2) is 9.55 Å². The number of hydrogen-bond donors (Lipinski definition) is 0. The topological polar surface area (TPSA) is 24.3 Å². The fraction of sp³-hybridized carbons (Fsp3) is 0. The third-order valence-corrected chi connectivity index (χ3v) is 7.56. The van der Waals surface area contributed by atoms with Crippen LogP contribution in [0.1, 0.15) is 0 Å². The van der Waals surface area contributed by atoms with Gasteiger partial charge in [0.25, 0.3) is 0 Å². The van der Waals surface area contributed by atoms with Crippen LogP contribution in [0.15, 0.2) is 146 Å². The first-order chi connectivity index (χ1) is 19.4. The van der Waals surface area contributed by atoms with E-state index in [0.29, 0.717) is 0 Å². The Labute approximate surface area is 226 Å². The van der Waals surface area contributed by atoms with Crippen LogP contribution in [0.2, 0.25) is 0 Å². The molecule has 8 rings (SSSR count). The number of nitrogens with zero attached hydrogens (tertiary/aromatic N) is 4. The molecule has 0 N–H and O–H groups in total. The van der Waals surface area contributed by atoms with Crippen molar-refractivity contribution in [2.45, 2.75) is 0 Å². The van der Waals surface area contributed by atoms with Gasteiger partial charge in [-0.1, -0.05) is 60.7 Å². The first-order valence-electron chi connectivity index (χ1n) is 13.2. The molecule has 7 aromatic rings. The number of benzene rings is 5. The molecule has 0 saturated carbocycles. The van der Waals surface area contributed by atoms with Crippen LogP contribution in [0, 0.1) is 0 Å². The monoisotopic (exact) mass is 500 g/mol. The van der Waals surface area contributed by atoms with Gasteiger partial charge in [0, 0.05) is 40.2 Å². The van der Waals surface area contributed by atoms with Crippen LogP contribution >= 0.6 is 0 Å². The van der Waals surface area contributed by atoms with Gasteiger partial charge in [0.1, 0.15) is 0 Å². The lowest BCUT2D eigenvalue weighted by molar-refractivity contribution is 1.16. The molecule has 0 atom stereocenters. The van der Waals surface area contributed by atoms with Crippen molar-refractivity contribution < 1.29 is 0 Å². The molecular weight excluding hydrogens is 476 g/mol. The van der Waals surface area contributed by atoms with E-state index in [4.69, 9.17) is 0 Å². The zero-order chi connectivity index (χ0) is 25.8. The minimum absolute atomic E-state index is 1.12. The smallest absolute Gasteiger partial charge is 0.0703 e. The second-order valence-electron chi connectivity index (χ2n) is 9.75. The third-order valence-electron chi connectivity index (χ3n) is 7.56. The highest BCUT2D eigenvalue weighted by Gasteiger charge is 2.30. The highest BCUT2D eigenvalue weighted by atomic mass is 15.3. The largest absolute Gasteiger partial charge is 0.309 e. The second kappa shape index (κ2) is 8.61. The summed E-state index contributed by atoms with van der Waals surface area (Å²) in [7, 11) is 0. The molecule has 4 nitrogen and oxygen atoms in total. The molecule has 0 aliphatic carbocycles. The second-order valence-corrected chi connectivity index (χ2v) is 9.75. The first-order valence-corrected chi connectivity index (χ1v) is 13.2. The van der Waals surface area contributed by atoms with Crippen molar-refractivity contribution >= 4 is 55.9 Å². The van der Waals surface area contributed by atoms with Gasteiger partial charge in [-0.3, -0.25) is 4.98 Å². The normalized spacial score (nSPS) is 12.5. The molecule has 0 fully saturated rings.